The van der Waals surface area contributed by atoms with Crippen molar-refractivity contribution in [2.45, 2.75) is 13.8 Å². The average molecular weight is 149 g/mol. The van der Waals surface area contributed by atoms with Crippen molar-refractivity contribution < 1.29 is 4.79 Å². The Kier molecular flexibility index (Phi) is 1.57. The molecule has 2 aliphatic rings. The van der Waals surface area contributed by atoms with Crippen LogP contribution >= 0.6 is 0 Å². The van der Waals surface area contributed by atoms with Crippen LogP contribution in [0.2, 0.25) is 0 Å². The van der Waals surface area contributed by atoms with Crippen molar-refractivity contribution in [2.75, 3.05) is 0 Å². The van der Waals surface area contributed by atoms with Crippen LogP contribution in [0, 0.1) is 0 Å². The monoisotopic (exact) mass is 149 g/mol. The molecule has 0 fully saturated rings. The van der Waals surface area contributed by atoms with Crippen molar-refractivity contribution >= 4 is 5.78 Å². The van der Waals surface area contributed by atoms with E-state index in [4.69, 9.17) is 0 Å². The topological polar surface area (TPSA) is 52.1 Å². The van der Waals surface area contributed by atoms with E-state index in [1.807, 2.05) is 26.0 Å². The molecule has 2 rings (SSSR count). The van der Waals surface area contributed by atoms with Crippen LogP contribution in [0.5, 0.6) is 0 Å². The zero-order valence-corrected chi connectivity index (χ0v) is 6.77. The molecule has 0 aromatic heterocycles. The summed E-state index contributed by atoms with van der Waals surface area (Å²) in [7, 11) is 0. The molecule has 0 atom stereocenters. The Morgan fingerprint density at radius 1 is 1.00 bits per heavy atom. The lowest BCUT2D eigenvalue weighted by atomic mass is 10.1. The van der Waals surface area contributed by atoms with Gasteiger partial charge in [0, 0.05) is 11.1 Å². The Hall–Kier alpha value is -1.15. The van der Waals surface area contributed by atoms with Crippen LogP contribution in [-0.4, -0.2) is 5.78 Å². The number of ketones is 1. The van der Waals surface area contributed by atoms with Gasteiger partial charge in [-0.2, -0.15) is 0 Å². The summed E-state index contributed by atoms with van der Waals surface area (Å²) >= 11 is 0. The molecule has 0 radical (unpaired) electrons. The van der Waals surface area contributed by atoms with Crippen LogP contribution in [0.25, 0.3) is 0 Å². The Morgan fingerprint density at radius 2 is 1.36 bits per heavy atom. The van der Waals surface area contributed by atoms with E-state index in [0.717, 1.165) is 22.3 Å². The van der Waals surface area contributed by atoms with E-state index >= 15 is 0 Å². The number of carbonyl (C=O) groups excluding carboxylic acids is 1. The standard InChI is InChI=1S/C9H8O.H3N/c1-5-6(2)8-4-3-7(5)9(8)10;/h3-4H,1-2H3;1H3. The second-order valence-corrected chi connectivity index (χ2v) is 2.74. The van der Waals surface area contributed by atoms with Crippen molar-refractivity contribution in [3.05, 3.63) is 34.4 Å². The lowest BCUT2D eigenvalue weighted by Crippen LogP contribution is -1.90. The van der Waals surface area contributed by atoms with Gasteiger partial charge < -0.3 is 6.15 Å². The van der Waals surface area contributed by atoms with Gasteiger partial charge in [0.1, 0.15) is 0 Å². The Morgan fingerprint density at radius 3 is 1.55 bits per heavy atom. The number of fused-ring (bicyclic) bond motifs is 2. The summed E-state index contributed by atoms with van der Waals surface area (Å²) < 4.78 is 0. The molecular formula is C9H11NO. The van der Waals surface area contributed by atoms with Gasteiger partial charge in [-0.3, -0.25) is 4.79 Å². The lowest BCUT2D eigenvalue weighted by Gasteiger charge is -1.97. The Bertz CT molecular complexity index is 288. The van der Waals surface area contributed by atoms with E-state index in [2.05, 4.69) is 0 Å². The van der Waals surface area contributed by atoms with E-state index in [-0.39, 0.29) is 11.9 Å². The predicted molar refractivity (Wildman–Crippen MR) is 44.6 cm³/mol. The van der Waals surface area contributed by atoms with Crippen molar-refractivity contribution in [1.82, 2.24) is 6.15 Å². The molecule has 0 heterocycles. The number of Topliss-reactive ketones (excluding diaryl/α,β-unsaturated/α-hetero) is 1. The second kappa shape index (κ2) is 2.17. The van der Waals surface area contributed by atoms with Gasteiger partial charge in [-0.05, 0) is 25.0 Å². The fraction of sp³-hybridized carbons (Fsp3) is 0.222. The molecule has 0 unspecified atom stereocenters. The van der Waals surface area contributed by atoms with Crippen LogP contribution in [0.3, 0.4) is 0 Å². The molecule has 11 heavy (non-hydrogen) atoms. The number of hydrogen-bond donors (Lipinski definition) is 1. The normalized spacial score (nSPS) is 20.0. The van der Waals surface area contributed by atoms with E-state index in [0.29, 0.717) is 0 Å². The molecule has 2 bridgehead atoms. The molecule has 0 saturated carbocycles. The Labute approximate surface area is 65.9 Å². The van der Waals surface area contributed by atoms with Gasteiger partial charge >= 0.3 is 0 Å². The first kappa shape index (κ1) is 7.95. The highest BCUT2D eigenvalue weighted by Gasteiger charge is 2.28. The summed E-state index contributed by atoms with van der Waals surface area (Å²) in [5, 5.41) is 0. The highest BCUT2D eigenvalue weighted by atomic mass is 16.1. The summed E-state index contributed by atoms with van der Waals surface area (Å²) in [4.78, 5) is 11.2. The van der Waals surface area contributed by atoms with Gasteiger partial charge in [-0.25, -0.2) is 0 Å². The largest absolute Gasteiger partial charge is 0.344 e. The summed E-state index contributed by atoms with van der Waals surface area (Å²) in [6, 6.07) is 0. The fourth-order valence-corrected chi connectivity index (χ4v) is 1.46. The number of allylic oxidation sites excluding steroid dienone is 6. The van der Waals surface area contributed by atoms with Crippen LogP contribution < -0.4 is 6.15 Å². The van der Waals surface area contributed by atoms with Gasteiger partial charge in [0.15, 0.2) is 5.78 Å². The molecule has 3 N–H and O–H groups in total. The van der Waals surface area contributed by atoms with Gasteiger partial charge in [0.25, 0.3) is 0 Å². The van der Waals surface area contributed by atoms with Crippen LogP contribution in [0.4, 0.5) is 0 Å². The van der Waals surface area contributed by atoms with Gasteiger partial charge in [-0.15, -0.1) is 0 Å². The lowest BCUT2D eigenvalue weighted by molar-refractivity contribution is -0.111. The first-order valence-electron chi connectivity index (χ1n) is 3.36. The quantitative estimate of drug-likeness (QED) is 0.572. The third-order valence-corrected chi connectivity index (χ3v) is 2.28. The molecule has 0 aliphatic heterocycles. The average Bonchev–Trinajstić information content (AvgIpc) is 2.34. The number of carbonyl (C=O) groups is 1. The Balaban J connectivity index is 0.000000605. The second-order valence-electron chi connectivity index (χ2n) is 2.74. The third-order valence-electron chi connectivity index (χ3n) is 2.28. The molecule has 0 spiro atoms. The molecule has 58 valence electrons. The highest BCUT2D eigenvalue weighted by molar-refractivity contribution is 6.19. The zero-order chi connectivity index (χ0) is 7.30. The van der Waals surface area contributed by atoms with E-state index < -0.39 is 0 Å². The SMILES string of the molecule is CC1=C2C=CC(=C1C)C2=O.N. The maximum Gasteiger partial charge on any atom is 0.193 e. The predicted octanol–water partition coefficient (Wildman–Crippen LogP) is 1.93. The van der Waals surface area contributed by atoms with Crippen molar-refractivity contribution in [3.8, 4) is 0 Å². The molecule has 0 aromatic rings. The molecule has 2 heteroatoms. The minimum absolute atomic E-state index is 0. The van der Waals surface area contributed by atoms with Gasteiger partial charge in [0.05, 0.1) is 0 Å². The first-order chi connectivity index (χ1) is 4.72. The number of rotatable bonds is 0. The van der Waals surface area contributed by atoms with Crippen LogP contribution in [0.15, 0.2) is 34.4 Å². The summed E-state index contributed by atoms with van der Waals surface area (Å²) in [5.74, 6) is 0.218. The van der Waals surface area contributed by atoms with E-state index in [1.165, 1.54) is 0 Å². The minimum atomic E-state index is 0. The zero-order valence-electron chi connectivity index (χ0n) is 6.77. The van der Waals surface area contributed by atoms with Crippen molar-refractivity contribution in [1.29, 1.82) is 0 Å². The maximum absolute atomic E-state index is 11.2. The van der Waals surface area contributed by atoms with Crippen molar-refractivity contribution in [2.24, 2.45) is 0 Å². The van der Waals surface area contributed by atoms with E-state index in [1.54, 1.807) is 0 Å². The van der Waals surface area contributed by atoms with Crippen LogP contribution in [0.1, 0.15) is 13.8 Å². The molecule has 0 aromatic carbocycles. The number of hydrogen-bond acceptors (Lipinski definition) is 2. The molecular weight excluding hydrogens is 138 g/mol. The summed E-state index contributed by atoms with van der Waals surface area (Å²) in [5.41, 5.74) is 4.10. The molecule has 0 saturated heterocycles. The van der Waals surface area contributed by atoms with Gasteiger partial charge in [-0.1, -0.05) is 12.2 Å². The van der Waals surface area contributed by atoms with E-state index in [9.17, 15) is 4.79 Å². The van der Waals surface area contributed by atoms with Crippen LogP contribution in [-0.2, 0) is 4.79 Å². The minimum Gasteiger partial charge on any atom is -0.344 e. The fourth-order valence-electron chi connectivity index (χ4n) is 1.46. The molecule has 0 amide bonds. The maximum atomic E-state index is 11.2. The first-order valence-corrected chi connectivity index (χ1v) is 3.36. The molecule has 2 nitrogen and oxygen atoms in total. The summed E-state index contributed by atoms with van der Waals surface area (Å²) in [6.07, 6.45) is 3.81. The van der Waals surface area contributed by atoms with Gasteiger partial charge in [0.2, 0.25) is 0 Å². The third kappa shape index (κ3) is 0.730. The highest BCUT2D eigenvalue weighted by Crippen LogP contribution is 2.35. The molecule has 2 aliphatic carbocycles. The van der Waals surface area contributed by atoms with Crippen molar-refractivity contribution in [3.63, 3.8) is 0 Å². The smallest absolute Gasteiger partial charge is 0.193 e. The summed E-state index contributed by atoms with van der Waals surface area (Å²) in [6.45, 7) is 4.00.